The Bertz CT molecular complexity index is 1100. The predicted octanol–water partition coefficient (Wildman–Crippen LogP) is 1.40. The maximum atomic E-state index is 12.4. The van der Waals surface area contributed by atoms with Crippen LogP contribution in [0, 0.1) is 13.8 Å². The highest BCUT2D eigenvalue weighted by molar-refractivity contribution is 5.93. The van der Waals surface area contributed by atoms with E-state index in [9.17, 15) is 4.79 Å². The van der Waals surface area contributed by atoms with Gasteiger partial charge in [-0.2, -0.15) is 10.2 Å². The highest BCUT2D eigenvalue weighted by Crippen LogP contribution is 2.25. The Morgan fingerprint density at radius 2 is 2.12 bits per heavy atom. The number of hydrogen-bond donors (Lipinski definition) is 2. The molecule has 0 saturated carbocycles. The van der Waals surface area contributed by atoms with Crippen LogP contribution in [0.4, 0.5) is 0 Å². The molecule has 1 amide bonds. The zero-order valence-corrected chi connectivity index (χ0v) is 14.7. The fourth-order valence-corrected chi connectivity index (χ4v) is 2.98. The molecule has 0 bridgehead atoms. The van der Waals surface area contributed by atoms with Crippen LogP contribution in [-0.4, -0.2) is 40.5 Å². The van der Waals surface area contributed by atoms with Crippen molar-refractivity contribution in [3.05, 3.63) is 53.4 Å². The van der Waals surface area contributed by atoms with E-state index in [2.05, 4.69) is 30.8 Å². The number of rotatable bonds is 4. The van der Waals surface area contributed by atoms with Gasteiger partial charge < -0.3 is 5.32 Å². The number of H-pyrrole nitrogens is 1. The Hall–Kier alpha value is -3.49. The average Bonchev–Trinajstić information content (AvgIpc) is 3.32. The Morgan fingerprint density at radius 3 is 2.88 bits per heavy atom. The number of aromatic nitrogens is 7. The van der Waals surface area contributed by atoms with Crippen LogP contribution in [0.25, 0.3) is 16.9 Å². The van der Waals surface area contributed by atoms with Gasteiger partial charge >= 0.3 is 0 Å². The molecular weight excluding hydrogens is 332 g/mol. The second-order valence-electron chi connectivity index (χ2n) is 6.06. The number of carbonyl (C=O) groups is 1. The number of nitrogens with one attached hydrogen (secondary N) is 2. The summed E-state index contributed by atoms with van der Waals surface area (Å²) in [4.78, 5) is 12.4. The maximum absolute atomic E-state index is 12.4. The molecule has 0 fully saturated rings. The van der Waals surface area contributed by atoms with Crippen LogP contribution in [0.3, 0.4) is 0 Å². The van der Waals surface area contributed by atoms with Crippen molar-refractivity contribution in [1.82, 2.24) is 39.9 Å². The van der Waals surface area contributed by atoms with Crippen LogP contribution in [0.15, 0.2) is 30.5 Å². The second-order valence-corrected chi connectivity index (χ2v) is 6.06. The van der Waals surface area contributed by atoms with Gasteiger partial charge in [0.15, 0.2) is 11.5 Å². The van der Waals surface area contributed by atoms with Crippen molar-refractivity contribution >= 4 is 11.6 Å². The molecule has 9 heteroatoms. The molecule has 4 heterocycles. The van der Waals surface area contributed by atoms with E-state index in [4.69, 9.17) is 0 Å². The Balaban J connectivity index is 1.52. The van der Waals surface area contributed by atoms with Gasteiger partial charge in [0.25, 0.3) is 5.91 Å². The zero-order valence-electron chi connectivity index (χ0n) is 14.7. The minimum absolute atomic E-state index is 0.254. The van der Waals surface area contributed by atoms with Gasteiger partial charge in [0.1, 0.15) is 5.69 Å². The lowest BCUT2D eigenvalue weighted by atomic mass is 10.1. The molecule has 0 radical (unpaired) electrons. The number of amides is 1. The molecule has 0 atom stereocenters. The Morgan fingerprint density at radius 1 is 1.27 bits per heavy atom. The van der Waals surface area contributed by atoms with E-state index in [1.54, 1.807) is 10.7 Å². The molecular formula is C17H18N8O. The molecule has 0 aliphatic heterocycles. The molecule has 26 heavy (non-hydrogen) atoms. The van der Waals surface area contributed by atoms with E-state index < -0.39 is 0 Å². The normalized spacial score (nSPS) is 11.2. The topological polar surface area (TPSA) is 106 Å². The summed E-state index contributed by atoms with van der Waals surface area (Å²) in [5.74, 6) is 0.406. The van der Waals surface area contributed by atoms with E-state index in [1.165, 1.54) is 0 Å². The number of aryl methyl sites for hydroxylation is 2. The lowest BCUT2D eigenvalue weighted by Crippen LogP contribution is -2.24. The Labute approximate surface area is 149 Å². The fourth-order valence-electron chi connectivity index (χ4n) is 2.98. The quantitative estimate of drug-likeness (QED) is 0.579. The summed E-state index contributed by atoms with van der Waals surface area (Å²) in [6, 6.07) is 7.37. The molecule has 0 aromatic carbocycles. The molecule has 2 N–H and O–H groups in total. The minimum atomic E-state index is -0.254. The van der Waals surface area contributed by atoms with Gasteiger partial charge in [-0.25, -0.2) is 0 Å². The van der Waals surface area contributed by atoms with Crippen molar-refractivity contribution in [2.24, 2.45) is 7.05 Å². The van der Waals surface area contributed by atoms with Gasteiger partial charge in [-0.15, -0.1) is 10.2 Å². The summed E-state index contributed by atoms with van der Waals surface area (Å²) in [6.07, 6.45) is 1.86. The summed E-state index contributed by atoms with van der Waals surface area (Å²) in [5, 5.41) is 22.4. The van der Waals surface area contributed by atoms with Crippen molar-refractivity contribution < 1.29 is 4.79 Å². The molecule has 132 valence electrons. The molecule has 0 spiro atoms. The SMILES string of the molecule is Cc1nn(C)c(C)c1-c1cc(C(=O)NCc2nnc3ccccn23)[nH]n1. The first-order valence-corrected chi connectivity index (χ1v) is 8.17. The van der Waals surface area contributed by atoms with Crippen molar-refractivity contribution in [2.45, 2.75) is 20.4 Å². The van der Waals surface area contributed by atoms with Gasteiger partial charge in [-0.05, 0) is 32.0 Å². The van der Waals surface area contributed by atoms with Gasteiger partial charge in [0, 0.05) is 24.5 Å². The largest absolute Gasteiger partial charge is 0.343 e. The summed E-state index contributed by atoms with van der Waals surface area (Å²) in [6.45, 7) is 4.16. The van der Waals surface area contributed by atoms with Crippen molar-refractivity contribution in [3.63, 3.8) is 0 Å². The second kappa shape index (κ2) is 6.10. The van der Waals surface area contributed by atoms with Crippen LogP contribution in [0.2, 0.25) is 0 Å². The standard InChI is InChI=1S/C17H18N8O/c1-10-16(11(2)24(3)23-10)12-8-13(20-19-12)17(26)18-9-15-22-21-14-6-4-5-7-25(14)15/h4-8H,9H2,1-3H3,(H,18,26)(H,19,20). The van der Waals surface area contributed by atoms with Gasteiger partial charge in [0.2, 0.25) is 0 Å². The van der Waals surface area contributed by atoms with E-state index in [0.29, 0.717) is 17.2 Å². The molecule has 9 nitrogen and oxygen atoms in total. The first-order chi connectivity index (χ1) is 12.5. The number of pyridine rings is 1. The summed E-state index contributed by atoms with van der Waals surface area (Å²) >= 11 is 0. The molecule has 4 aromatic heterocycles. The van der Waals surface area contributed by atoms with E-state index >= 15 is 0 Å². The molecule has 0 saturated heterocycles. The lowest BCUT2D eigenvalue weighted by Gasteiger charge is -2.02. The third-order valence-corrected chi connectivity index (χ3v) is 4.38. The predicted molar refractivity (Wildman–Crippen MR) is 94.4 cm³/mol. The highest BCUT2D eigenvalue weighted by Gasteiger charge is 2.17. The zero-order chi connectivity index (χ0) is 18.3. The number of nitrogens with zero attached hydrogens (tertiary/aromatic N) is 6. The average molecular weight is 350 g/mol. The van der Waals surface area contributed by atoms with E-state index in [-0.39, 0.29) is 12.5 Å². The summed E-state index contributed by atoms with van der Waals surface area (Å²) in [7, 11) is 1.88. The van der Waals surface area contributed by atoms with E-state index in [1.807, 2.05) is 49.7 Å². The molecule has 0 unspecified atom stereocenters. The van der Waals surface area contributed by atoms with Crippen LogP contribution >= 0.6 is 0 Å². The first-order valence-electron chi connectivity index (χ1n) is 8.17. The highest BCUT2D eigenvalue weighted by atomic mass is 16.1. The first kappa shape index (κ1) is 16.0. The monoisotopic (exact) mass is 350 g/mol. The van der Waals surface area contributed by atoms with Crippen molar-refractivity contribution in [1.29, 1.82) is 0 Å². The molecule has 4 aromatic rings. The molecule has 0 aliphatic rings. The van der Waals surface area contributed by atoms with E-state index in [0.717, 1.165) is 22.6 Å². The smallest absolute Gasteiger partial charge is 0.269 e. The Kier molecular flexibility index (Phi) is 3.76. The number of fused-ring (bicyclic) bond motifs is 1. The fraction of sp³-hybridized carbons (Fsp3) is 0.235. The van der Waals surface area contributed by atoms with Crippen LogP contribution in [0.5, 0.6) is 0 Å². The molecule has 4 rings (SSSR count). The van der Waals surface area contributed by atoms with Crippen LogP contribution < -0.4 is 5.32 Å². The van der Waals surface area contributed by atoms with Gasteiger partial charge in [-0.1, -0.05) is 6.07 Å². The summed E-state index contributed by atoms with van der Waals surface area (Å²) in [5.41, 5.74) is 4.63. The van der Waals surface area contributed by atoms with Crippen molar-refractivity contribution in [3.8, 4) is 11.3 Å². The maximum Gasteiger partial charge on any atom is 0.269 e. The third kappa shape index (κ3) is 2.63. The third-order valence-electron chi connectivity index (χ3n) is 4.38. The number of carbonyl (C=O) groups excluding carboxylic acids is 1. The number of aromatic amines is 1. The van der Waals surface area contributed by atoms with Crippen LogP contribution in [0.1, 0.15) is 27.7 Å². The minimum Gasteiger partial charge on any atom is -0.343 e. The van der Waals surface area contributed by atoms with Gasteiger partial charge in [-0.3, -0.25) is 19.0 Å². The molecule has 0 aliphatic carbocycles. The van der Waals surface area contributed by atoms with Crippen molar-refractivity contribution in [2.75, 3.05) is 0 Å². The van der Waals surface area contributed by atoms with Gasteiger partial charge in [0.05, 0.1) is 17.9 Å². The lowest BCUT2D eigenvalue weighted by molar-refractivity contribution is 0.0944. The summed E-state index contributed by atoms with van der Waals surface area (Å²) < 4.78 is 3.64. The van der Waals surface area contributed by atoms with Crippen LogP contribution in [-0.2, 0) is 13.6 Å². The number of hydrogen-bond acceptors (Lipinski definition) is 5.